The van der Waals surface area contributed by atoms with Gasteiger partial charge in [0.2, 0.25) is 0 Å². The molecule has 14 heavy (non-hydrogen) atoms. The highest BCUT2D eigenvalue weighted by Gasteiger charge is 2.31. The van der Waals surface area contributed by atoms with Crippen LogP contribution in [0.5, 0.6) is 0 Å². The minimum atomic E-state index is 0.532. The molecule has 1 heteroatoms. The Kier molecular flexibility index (Phi) is 4.94. The van der Waals surface area contributed by atoms with Crippen LogP contribution in [-0.4, -0.2) is 12.6 Å². The van der Waals surface area contributed by atoms with Gasteiger partial charge in [-0.25, -0.2) is 0 Å². The fourth-order valence-electron chi connectivity index (χ4n) is 2.52. The van der Waals surface area contributed by atoms with Crippen molar-refractivity contribution in [2.75, 3.05) is 6.54 Å². The Morgan fingerprint density at radius 2 is 2.00 bits per heavy atom. The summed E-state index contributed by atoms with van der Waals surface area (Å²) in [5.74, 6) is 0. The Labute approximate surface area is 89.7 Å². The monoisotopic (exact) mass is 197 g/mol. The predicted octanol–water partition coefficient (Wildman–Crippen LogP) is 3.74. The third-order valence-corrected chi connectivity index (χ3v) is 3.68. The molecule has 1 saturated carbocycles. The zero-order valence-corrected chi connectivity index (χ0v) is 10.2. The van der Waals surface area contributed by atoms with Crippen molar-refractivity contribution in [1.82, 2.24) is 5.32 Å². The molecule has 84 valence electrons. The van der Waals surface area contributed by atoms with E-state index in [0.29, 0.717) is 5.41 Å². The second kappa shape index (κ2) is 5.75. The number of hydrogen-bond donors (Lipinski definition) is 1. The van der Waals surface area contributed by atoms with Crippen molar-refractivity contribution in [2.24, 2.45) is 5.41 Å². The molecule has 0 bridgehead atoms. The van der Waals surface area contributed by atoms with Crippen molar-refractivity contribution in [3.8, 4) is 0 Å². The minimum Gasteiger partial charge on any atom is -0.313 e. The van der Waals surface area contributed by atoms with Gasteiger partial charge in [-0.15, -0.1) is 0 Å². The smallest absolute Gasteiger partial charge is 0.0118 e. The second-order valence-corrected chi connectivity index (χ2v) is 5.45. The molecule has 1 fully saturated rings. The Balaban J connectivity index is 2.20. The fraction of sp³-hybridized carbons (Fsp3) is 1.00. The first kappa shape index (κ1) is 12.0. The van der Waals surface area contributed by atoms with Crippen LogP contribution in [0, 0.1) is 5.41 Å². The van der Waals surface area contributed by atoms with E-state index in [4.69, 9.17) is 0 Å². The van der Waals surface area contributed by atoms with E-state index >= 15 is 0 Å². The molecule has 0 aromatic carbocycles. The largest absolute Gasteiger partial charge is 0.313 e. The first-order valence-electron chi connectivity index (χ1n) is 6.40. The number of rotatable bonds is 5. The molecule has 0 aliphatic heterocycles. The zero-order chi connectivity index (χ0) is 10.4. The van der Waals surface area contributed by atoms with Crippen LogP contribution >= 0.6 is 0 Å². The van der Waals surface area contributed by atoms with Gasteiger partial charge in [0.1, 0.15) is 0 Å². The van der Waals surface area contributed by atoms with Gasteiger partial charge < -0.3 is 5.32 Å². The summed E-state index contributed by atoms with van der Waals surface area (Å²) in [5, 5.41) is 3.75. The maximum Gasteiger partial charge on any atom is 0.0118 e. The summed E-state index contributed by atoms with van der Waals surface area (Å²) >= 11 is 0. The van der Waals surface area contributed by atoms with Crippen molar-refractivity contribution >= 4 is 0 Å². The molecular weight excluding hydrogens is 170 g/mol. The van der Waals surface area contributed by atoms with Crippen molar-refractivity contribution in [2.45, 2.75) is 71.8 Å². The van der Waals surface area contributed by atoms with Crippen LogP contribution in [0.25, 0.3) is 0 Å². The molecule has 0 saturated heterocycles. The lowest BCUT2D eigenvalue weighted by molar-refractivity contribution is 0.168. The fourth-order valence-corrected chi connectivity index (χ4v) is 2.52. The Morgan fingerprint density at radius 3 is 2.64 bits per heavy atom. The van der Waals surface area contributed by atoms with Crippen molar-refractivity contribution in [3.63, 3.8) is 0 Å². The van der Waals surface area contributed by atoms with Crippen molar-refractivity contribution in [3.05, 3.63) is 0 Å². The van der Waals surface area contributed by atoms with Gasteiger partial charge in [0, 0.05) is 6.04 Å². The highest BCUT2D eigenvalue weighted by molar-refractivity contribution is 4.87. The Bertz CT molecular complexity index is 151. The summed E-state index contributed by atoms with van der Waals surface area (Å²) in [4.78, 5) is 0. The minimum absolute atomic E-state index is 0.532. The van der Waals surface area contributed by atoms with Gasteiger partial charge in [0.05, 0.1) is 0 Å². The standard InChI is InChI=1S/C13H27N/c1-4-5-8-11-14-12-9-6-7-10-13(12,2)3/h12,14H,4-11H2,1-3H3. The molecule has 0 radical (unpaired) electrons. The highest BCUT2D eigenvalue weighted by atomic mass is 14.9. The first-order chi connectivity index (χ1) is 6.67. The van der Waals surface area contributed by atoms with E-state index in [1.54, 1.807) is 0 Å². The molecule has 1 aliphatic rings. The summed E-state index contributed by atoms with van der Waals surface area (Å²) in [6.45, 7) is 8.33. The second-order valence-electron chi connectivity index (χ2n) is 5.45. The molecule has 1 nitrogen and oxygen atoms in total. The predicted molar refractivity (Wildman–Crippen MR) is 63.6 cm³/mol. The van der Waals surface area contributed by atoms with Crippen LogP contribution < -0.4 is 5.32 Å². The quantitative estimate of drug-likeness (QED) is 0.662. The maximum absolute atomic E-state index is 3.75. The van der Waals surface area contributed by atoms with E-state index in [9.17, 15) is 0 Å². The van der Waals surface area contributed by atoms with E-state index in [-0.39, 0.29) is 0 Å². The SMILES string of the molecule is CCCCCNC1CCCCC1(C)C. The van der Waals surface area contributed by atoms with Crippen LogP contribution in [-0.2, 0) is 0 Å². The average Bonchev–Trinajstić information content (AvgIpc) is 2.14. The summed E-state index contributed by atoms with van der Waals surface area (Å²) < 4.78 is 0. The topological polar surface area (TPSA) is 12.0 Å². The number of unbranched alkanes of at least 4 members (excludes halogenated alkanes) is 2. The molecule has 0 heterocycles. The third-order valence-electron chi connectivity index (χ3n) is 3.68. The van der Waals surface area contributed by atoms with E-state index < -0.39 is 0 Å². The summed E-state index contributed by atoms with van der Waals surface area (Å²) in [5.41, 5.74) is 0.532. The van der Waals surface area contributed by atoms with Crippen LogP contribution in [0.4, 0.5) is 0 Å². The Morgan fingerprint density at radius 1 is 1.21 bits per heavy atom. The van der Waals surface area contributed by atoms with Gasteiger partial charge in [-0.2, -0.15) is 0 Å². The van der Waals surface area contributed by atoms with Crippen LogP contribution in [0.2, 0.25) is 0 Å². The zero-order valence-electron chi connectivity index (χ0n) is 10.2. The van der Waals surface area contributed by atoms with E-state index in [1.807, 2.05) is 0 Å². The highest BCUT2D eigenvalue weighted by Crippen LogP contribution is 2.35. The maximum atomic E-state index is 3.75. The normalized spacial score (nSPS) is 26.4. The summed E-state index contributed by atoms with van der Waals surface area (Å²) in [6.07, 6.45) is 9.70. The number of nitrogens with one attached hydrogen (secondary N) is 1. The summed E-state index contributed by atoms with van der Waals surface area (Å²) in [6, 6.07) is 0.771. The lowest BCUT2D eigenvalue weighted by atomic mass is 9.73. The van der Waals surface area contributed by atoms with E-state index in [1.165, 1.54) is 51.5 Å². The van der Waals surface area contributed by atoms with E-state index in [0.717, 1.165) is 6.04 Å². The van der Waals surface area contributed by atoms with Crippen LogP contribution in [0.15, 0.2) is 0 Å². The molecule has 0 aromatic heterocycles. The van der Waals surface area contributed by atoms with Gasteiger partial charge in [-0.1, -0.05) is 46.5 Å². The molecule has 0 spiro atoms. The Hall–Kier alpha value is -0.0400. The lowest BCUT2D eigenvalue weighted by Crippen LogP contribution is -2.44. The van der Waals surface area contributed by atoms with Gasteiger partial charge in [0.15, 0.2) is 0 Å². The van der Waals surface area contributed by atoms with Gasteiger partial charge in [-0.05, 0) is 31.2 Å². The number of hydrogen-bond acceptors (Lipinski definition) is 1. The molecular formula is C13H27N. The van der Waals surface area contributed by atoms with Gasteiger partial charge in [0.25, 0.3) is 0 Å². The molecule has 1 aliphatic carbocycles. The molecule has 1 unspecified atom stereocenters. The van der Waals surface area contributed by atoms with Crippen LogP contribution in [0.3, 0.4) is 0 Å². The third kappa shape index (κ3) is 3.61. The molecule has 0 aromatic rings. The average molecular weight is 197 g/mol. The summed E-state index contributed by atoms with van der Waals surface area (Å²) in [7, 11) is 0. The molecule has 0 amide bonds. The van der Waals surface area contributed by atoms with Crippen LogP contribution in [0.1, 0.15) is 65.7 Å². The van der Waals surface area contributed by atoms with Gasteiger partial charge in [-0.3, -0.25) is 0 Å². The van der Waals surface area contributed by atoms with Crippen molar-refractivity contribution in [1.29, 1.82) is 0 Å². The molecule has 1 N–H and O–H groups in total. The molecule has 1 atom stereocenters. The van der Waals surface area contributed by atoms with Crippen molar-refractivity contribution < 1.29 is 0 Å². The molecule has 1 rings (SSSR count). The first-order valence-corrected chi connectivity index (χ1v) is 6.40. The van der Waals surface area contributed by atoms with Gasteiger partial charge >= 0.3 is 0 Å². The lowest BCUT2D eigenvalue weighted by Gasteiger charge is -2.39. The van der Waals surface area contributed by atoms with E-state index in [2.05, 4.69) is 26.1 Å².